The van der Waals surface area contributed by atoms with Gasteiger partial charge < -0.3 is 11.1 Å². The van der Waals surface area contributed by atoms with E-state index in [0.29, 0.717) is 5.00 Å². The molecule has 2 rings (SSSR count). The summed E-state index contributed by atoms with van der Waals surface area (Å²) in [6.07, 6.45) is -5.56. The number of thiophene rings is 1. The Bertz CT molecular complexity index is 757. The molecule has 1 amide bonds. The maximum absolute atomic E-state index is 12.6. The summed E-state index contributed by atoms with van der Waals surface area (Å²) < 4.78 is 50.8. The molecule has 1 atom stereocenters. The first kappa shape index (κ1) is 17.5. The lowest BCUT2D eigenvalue weighted by molar-refractivity contribution is -0.127. The Labute approximate surface area is 137 Å². The zero-order chi connectivity index (χ0) is 17.2. The number of anilines is 1. The molecule has 9 heteroatoms. The van der Waals surface area contributed by atoms with Crippen LogP contribution in [0.2, 0.25) is 0 Å². The Morgan fingerprint density at radius 3 is 2.52 bits per heavy atom. The van der Waals surface area contributed by atoms with Crippen molar-refractivity contribution in [3.63, 3.8) is 0 Å². The van der Waals surface area contributed by atoms with Gasteiger partial charge in [-0.15, -0.1) is 11.3 Å². The molecule has 0 aliphatic rings. The molecule has 0 aliphatic heterocycles. The molecule has 1 aromatic carbocycles. The van der Waals surface area contributed by atoms with Crippen LogP contribution in [0.15, 0.2) is 39.4 Å². The Morgan fingerprint density at radius 2 is 2.00 bits per heavy atom. The number of nitrogens with two attached hydrogens (primary N) is 1. The summed E-state index contributed by atoms with van der Waals surface area (Å²) >= 11 is 1.02. The van der Waals surface area contributed by atoms with Gasteiger partial charge in [-0.3, -0.25) is 4.79 Å². The van der Waals surface area contributed by atoms with Crippen molar-refractivity contribution in [3.05, 3.63) is 41.5 Å². The van der Waals surface area contributed by atoms with Gasteiger partial charge in [-0.25, -0.2) is 4.21 Å². The van der Waals surface area contributed by atoms with Crippen LogP contribution >= 0.6 is 11.3 Å². The van der Waals surface area contributed by atoms with E-state index in [9.17, 15) is 22.2 Å². The van der Waals surface area contributed by atoms with Crippen molar-refractivity contribution in [2.24, 2.45) is 5.73 Å². The van der Waals surface area contributed by atoms with Crippen molar-refractivity contribution in [1.82, 2.24) is 0 Å². The lowest BCUT2D eigenvalue weighted by Crippen LogP contribution is -2.13. The number of halogens is 3. The highest BCUT2D eigenvalue weighted by molar-refractivity contribution is 7.87. The van der Waals surface area contributed by atoms with E-state index in [2.05, 4.69) is 5.32 Å². The molecule has 0 spiro atoms. The molecular weight excluding hydrogens is 349 g/mol. The minimum Gasteiger partial charge on any atom is -0.379 e. The van der Waals surface area contributed by atoms with Gasteiger partial charge in [0.25, 0.3) is 5.91 Å². The zero-order valence-electron chi connectivity index (χ0n) is 11.9. The van der Waals surface area contributed by atoms with Crippen molar-refractivity contribution >= 4 is 33.0 Å². The molecule has 1 unspecified atom stereocenters. The molecule has 23 heavy (non-hydrogen) atoms. The predicted octanol–water partition coefficient (Wildman–Crippen LogP) is 3.16. The van der Waals surface area contributed by atoms with Gasteiger partial charge in [-0.1, -0.05) is 18.2 Å². The van der Waals surface area contributed by atoms with Crippen LogP contribution in [0.1, 0.15) is 15.9 Å². The number of nitrogens with one attached hydrogen (secondary N) is 1. The smallest absolute Gasteiger partial charge is 0.379 e. The molecule has 0 saturated heterocycles. The first-order valence-electron chi connectivity index (χ1n) is 6.40. The summed E-state index contributed by atoms with van der Waals surface area (Å²) in [4.78, 5) is 11.4. The zero-order valence-corrected chi connectivity index (χ0v) is 13.6. The van der Waals surface area contributed by atoms with E-state index in [1.54, 1.807) is 7.05 Å². The third-order valence-corrected chi connectivity index (χ3v) is 5.88. The Kier molecular flexibility index (Phi) is 5.10. The molecule has 0 saturated carbocycles. The molecule has 3 N–H and O–H groups in total. The van der Waals surface area contributed by atoms with Crippen LogP contribution in [0.25, 0.3) is 0 Å². The lowest BCUT2D eigenvalue weighted by atomic mass is 10.1. The second-order valence-corrected chi connectivity index (χ2v) is 7.32. The highest BCUT2D eigenvalue weighted by Gasteiger charge is 2.30. The van der Waals surface area contributed by atoms with E-state index in [4.69, 9.17) is 5.73 Å². The Balaban J connectivity index is 2.44. The second kappa shape index (κ2) is 6.71. The topological polar surface area (TPSA) is 72.2 Å². The number of rotatable bonds is 5. The number of carbonyl (C=O) groups is 1. The van der Waals surface area contributed by atoms with Crippen LogP contribution in [0, 0.1) is 0 Å². The fourth-order valence-corrected chi connectivity index (χ4v) is 4.58. The van der Waals surface area contributed by atoms with Crippen molar-refractivity contribution in [3.8, 4) is 0 Å². The average molecular weight is 362 g/mol. The number of hydrogen-bond donors (Lipinski definition) is 2. The number of alkyl halides is 3. The normalized spacial score (nSPS) is 12.9. The molecule has 1 aromatic heterocycles. The monoisotopic (exact) mass is 362 g/mol. The fourth-order valence-electron chi connectivity index (χ4n) is 1.98. The van der Waals surface area contributed by atoms with Crippen LogP contribution in [0.5, 0.6) is 0 Å². The van der Waals surface area contributed by atoms with Crippen molar-refractivity contribution in [1.29, 1.82) is 0 Å². The van der Waals surface area contributed by atoms with E-state index in [1.807, 2.05) is 0 Å². The third-order valence-electron chi connectivity index (χ3n) is 2.95. The predicted molar refractivity (Wildman–Crippen MR) is 83.3 cm³/mol. The standard InChI is InChI=1S/C14H13F3N2O2S2/c1-19-13-9(12(18)20)6-11(22-13)23(21)10-5-3-2-4-8(10)7-14(15,16)17/h2-6,19H,7H2,1H3,(H2,18,20). The van der Waals surface area contributed by atoms with Gasteiger partial charge >= 0.3 is 6.18 Å². The van der Waals surface area contributed by atoms with E-state index >= 15 is 0 Å². The van der Waals surface area contributed by atoms with Crippen LogP contribution in [0.3, 0.4) is 0 Å². The summed E-state index contributed by atoms with van der Waals surface area (Å²) in [7, 11) is -0.258. The largest absolute Gasteiger partial charge is 0.393 e. The number of primary amides is 1. The summed E-state index contributed by atoms with van der Waals surface area (Å²) in [5, 5.41) is 3.18. The first-order chi connectivity index (χ1) is 10.7. The lowest BCUT2D eigenvalue weighted by Gasteiger charge is -2.10. The molecular formula is C14H13F3N2O2S2. The van der Waals surface area contributed by atoms with Gasteiger partial charge in [0.15, 0.2) is 0 Å². The van der Waals surface area contributed by atoms with Gasteiger partial charge in [0.1, 0.15) is 5.00 Å². The fraction of sp³-hybridized carbons (Fsp3) is 0.214. The van der Waals surface area contributed by atoms with Crippen LogP contribution in [0.4, 0.5) is 18.2 Å². The van der Waals surface area contributed by atoms with Crippen LogP contribution in [-0.2, 0) is 17.2 Å². The van der Waals surface area contributed by atoms with Crippen molar-refractivity contribution < 1.29 is 22.2 Å². The average Bonchev–Trinajstić information content (AvgIpc) is 2.90. The second-order valence-electron chi connectivity index (χ2n) is 4.59. The Morgan fingerprint density at radius 1 is 1.35 bits per heavy atom. The van der Waals surface area contributed by atoms with Gasteiger partial charge in [0.05, 0.1) is 27.0 Å². The van der Waals surface area contributed by atoms with Crippen LogP contribution < -0.4 is 11.1 Å². The summed E-state index contributed by atoms with van der Waals surface area (Å²) in [5.74, 6) is -0.697. The quantitative estimate of drug-likeness (QED) is 0.858. The maximum atomic E-state index is 12.6. The van der Waals surface area contributed by atoms with E-state index < -0.39 is 29.3 Å². The molecule has 0 radical (unpaired) electrons. The van der Waals surface area contributed by atoms with Crippen molar-refractivity contribution in [2.45, 2.75) is 21.7 Å². The first-order valence-corrected chi connectivity index (χ1v) is 8.37. The number of amides is 1. The third kappa shape index (κ3) is 4.11. The number of benzene rings is 1. The van der Waals surface area contributed by atoms with Crippen LogP contribution in [-0.4, -0.2) is 23.3 Å². The molecule has 0 aliphatic carbocycles. The van der Waals surface area contributed by atoms with Gasteiger partial charge in [0, 0.05) is 11.9 Å². The highest BCUT2D eigenvalue weighted by atomic mass is 32.2. The van der Waals surface area contributed by atoms with Crippen molar-refractivity contribution in [2.75, 3.05) is 12.4 Å². The van der Waals surface area contributed by atoms with E-state index in [1.165, 1.54) is 30.3 Å². The van der Waals surface area contributed by atoms with Gasteiger partial charge in [-0.2, -0.15) is 13.2 Å². The molecule has 0 fully saturated rings. The summed E-state index contributed by atoms with van der Waals surface area (Å²) in [6, 6.07) is 7.01. The van der Waals surface area contributed by atoms with E-state index in [-0.39, 0.29) is 20.2 Å². The molecule has 1 heterocycles. The minimum absolute atomic E-state index is 0.0571. The van der Waals surface area contributed by atoms with Gasteiger partial charge in [0.2, 0.25) is 0 Å². The molecule has 4 nitrogen and oxygen atoms in total. The molecule has 0 bridgehead atoms. The maximum Gasteiger partial charge on any atom is 0.393 e. The Hall–Kier alpha value is -1.87. The molecule has 124 valence electrons. The van der Waals surface area contributed by atoms with Gasteiger partial charge in [-0.05, 0) is 17.7 Å². The van der Waals surface area contributed by atoms with E-state index in [0.717, 1.165) is 11.3 Å². The SMILES string of the molecule is CNc1sc(S(=O)c2ccccc2CC(F)(F)F)cc1C(N)=O. The minimum atomic E-state index is -4.40. The summed E-state index contributed by atoms with van der Waals surface area (Å²) in [6.45, 7) is 0. The molecule has 2 aromatic rings. The number of carbonyl (C=O) groups excluding carboxylic acids is 1. The summed E-state index contributed by atoms with van der Waals surface area (Å²) in [5.41, 5.74) is 5.34. The highest BCUT2D eigenvalue weighted by Crippen LogP contribution is 2.34. The number of hydrogen-bond acceptors (Lipinski definition) is 4.